The van der Waals surface area contributed by atoms with Crippen molar-refractivity contribution in [3.05, 3.63) is 21.3 Å². The lowest BCUT2D eigenvalue weighted by Crippen LogP contribution is -2.41. The van der Waals surface area contributed by atoms with Crippen LogP contribution in [0.1, 0.15) is 30.6 Å². The Kier molecular flexibility index (Phi) is 6.96. The number of carbonyl (C=O) groups excluding carboxylic acids is 1. The molecule has 1 aliphatic rings. The molecule has 1 saturated heterocycles. The molecule has 0 radical (unpaired) electrons. The van der Waals surface area contributed by atoms with Gasteiger partial charge in [0.15, 0.2) is 0 Å². The van der Waals surface area contributed by atoms with Crippen molar-refractivity contribution in [2.24, 2.45) is 5.73 Å². The Morgan fingerprint density at radius 3 is 2.86 bits per heavy atom. The summed E-state index contributed by atoms with van der Waals surface area (Å²) in [5.41, 5.74) is 5.45. The lowest BCUT2D eigenvalue weighted by atomic mass is 10.1. The molecule has 4 nitrogen and oxygen atoms in total. The average molecular weight is 331 g/mol. The maximum Gasteiger partial charge on any atom is 0.222 e. The third-order valence-corrected chi connectivity index (χ3v) is 5.05. The molecule has 0 saturated carbocycles. The van der Waals surface area contributed by atoms with Crippen LogP contribution in [-0.2, 0) is 16.0 Å². The number of likely N-dealkylation sites (tertiary alicyclic amines) is 1. The number of rotatable bonds is 7. The van der Waals surface area contributed by atoms with Crippen LogP contribution < -0.4 is 5.73 Å². The molecule has 0 atom stereocenters. The van der Waals surface area contributed by atoms with Crippen molar-refractivity contribution in [3.8, 4) is 0 Å². The number of carbonyl (C=O) groups is 1. The van der Waals surface area contributed by atoms with E-state index < -0.39 is 0 Å². The number of thiophene rings is 1. The summed E-state index contributed by atoms with van der Waals surface area (Å²) in [5.74, 6) is 0.236. The van der Waals surface area contributed by atoms with Gasteiger partial charge >= 0.3 is 0 Å². The van der Waals surface area contributed by atoms with Gasteiger partial charge in [0.05, 0.1) is 11.1 Å². The highest BCUT2D eigenvalue weighted by Crippen LogP contribution is 2.21. The van der Waals surface area contributed by atoms with Crippen LogP contribution >= 0.6 is 22.9 Å². The molecule has 1 fully saturated rings. The van der Waals surface area contributed by atoms with E-state index in [2.05, 4.69) is 0 Å². The van der Waals surface area contributed by atoms with Crippen LogP contribution in [0.2, 0.25) is 5.02 Å². The molecule has 21 heavy (non-hydrogen) atoms. The van der Waals surface area contributed by atoms with Gasteiger partial charge in [-0.2, -0.15) is 0 Å². The maximum atomic E-state index is 12.2. The van der Waals surface area contributed by atoms with Gasteiger partial charge < -0.3 is 15.4 Å². The molecule has 0 bridgehead atoms. The van der Waals surface area contributed by atoms with Gasteiger partial charge in [-0.15, -0.1) is 11.3 Å². The zero-order valence-electron chi connectivity index (χ0n) is 12.2. The van der Waals surface area contributed by atoms with E-state index in [0.717, 1.165) is 50.4 Å². The Morgan fingerprint density at radius 2 is 2.24 bits per heavy atom. The zero-order chi connectivity index (χ0) is 15.1. The molecule has 0 aromatic carbocycles. The van der Waals surface area contributed by atoms with Gasteiger partial charge in [-0.25, -0.2) is 0 Å². The smallest absolute Gasteiger partial charge is 0.222 e. The van der Waals surface area contributed by atoms with Gasteiger partial charge in [0.2, 0.25) is 5.91 Å². The number of nitrogens with two attached hydrogens (primary N) is 1. The van der Waals surface area contributed by atoms with Crippen LogP contribution in [0, 0.1) is 0 Å². The van der Waals surface area contributed by atoms with Gasteiger partial charge in [0.25, 0.3) is 0 Å². The molecule has 2 N–H and O–H groups in total. The van der Waals surface area contributed by atoms with Crippen LogP contribution in [0.4, 0.5) is 0 Å². The lowest BCUT2D eigenvalue weighted by Gasteiger charge is -2.32. The number of halogens is 1. The number of nitrogens with zero attached hydrogens (tertiary/aromatic N) is 1. The molecule has 1 aromatic heterocycles. The highest BCUT2D eigenvalue weighted by molar-refractivity contribution is 7.10. The monoisotopic (exact) mass is 330 g/mol. The fraction of sp³-hybridized carbons (Fsp3) is 0.667. The maximum absolute atomic E-state index is 12.2. The topological polar surface area (TPSA) is 55.6 Å². The summed E-state index contributed by atoms with van der Waals surface area (Å²) in [5, 5.41) is 2.67. The molecule has 0 unspecified atom stereocenters. The van der Waals surface area contributed by atoms with Crippen molar-refractivity contribution in [3.63, 3.8) is 0 Å². The minimum atomic E-state index is 0.236. The van der Waals surface area contributed by atoms with E-state index in [-0.39, 0.29) is 12.0 Å². The molecule has 1 aliphatic heterocycles. The van der Waals surface area contributed by atoms with E-state index >= 15 is 0 Å². The normalized spacial score (nSPS) is 16.4. The van der Waals surface area contributed by atoms with Crippen molar-refractivity contribution in [1.82, 2.24) is 4.90 Å². The second kappa shape index (κ2) is 8.73. The molecule has 118 valence electrons. The first-order valence-electron chi connectivity index (χ1n) is 7.51. The number of ether oxygens (including phenoxy) is 1. The second-order valence-electron chi connectivity index (χ2n) is 5.32. The van der Waals surface area contributed by atoms with E-state index in [0.29, 0.717) is 13.0 Å². The van der Waals surface area contributed by atoms with Gasteiger partial charge in [0.1, 0.15) is 0 Å². The van der Waals surface area contributed by atoms with Crippen LogP contribution in [0.3, 0.4) is 0 Å². The SMILES string of the molecule is NCCCOC1CCN(C(=O)CCc2cc(Cl)cs2)CC1. The Hall–Kier alpha value is -0.620. The first-order valence-corrected chi connectivity index (χ1v) is 8.77. The number of aryl methyl sites for hydroxylation is 1. The minimum Gasteiger partial charge on any atom is -0.378 e. The lowest BCUT2D eigenvalue weighted by molar-refractivity contribution is -0.133. The Morgan fingerprint density at radius 1 is 1.48 bits per heavy atom. The molecule has 0 spiro atoms. The molecule has 0 aliphatic carbocycles. The summed E-state index contributed by atoms with van der Waals surface area (Å²) in [6, 6.07) is 1.94. The first kappa shape index (κ1) is 16.7. The van der Waals surface area contributed by atoms with E-state index in [1.54, 1.807) is 11.3 Å². The number of hydrogen-bond donors (Lipinski definition) is 1. The van der Waals surface area contributed by atoms with Gasteiger partial charge in [-0.1, -0.05) is 11.6 Å². The second-order valence-corrected chi connectivity index (χ2v) is 6.76. The molecular formula is C15H23ClN2O2S. The third kappa shape index (κ3) is 5.58. The molecule has 1 aromatic rings. The summed E-state index contributed by atoms with van der Waals surface area (Å²) in [7, 11) is 0. The van der Waals surface area contributed by atoms with Gasteiger partial charge in [-0.05, 0) is 38.3 Å². The number of amides is 1. The molecular weight excluding hydrogens is 308 g/mol. The van der Waals surface area contributed by atoms with Gasteiger partial charge in [0, 0.05) is 36.4 Å². The fourth-order valence-corrected chi connectivity index (χ4v) is 3.56. The summed E-state index contributed by atoms with van der Waals surface area (Å²) in [4.78, 5) is 15.3. The standard InChI is InChI=1S/C15H23ClN2O2S/c16-12-10-14(21-11-12)2-3-15(19)18-7-4-13(5-8-18)20-9-1-6-17/h10-11,13H,1-9,17H2. The van der Waals surface area contributed by atoms with Gasteiger partial charge in [-0.3, -0.25) is 4.79 Å². The summed E-state index contributed by atoms with van der Waals surface area (Å²) >= 11 is 7.50. The molecule has 1 amide bonds. The molecule has 6 heteroatoms. The summed E-state index contributed by atoms with van der Waals surface area (Å²) in [6.07, 6.45) is 4.40. The summed E-state index contributed by atoms with van der Waals surface area (Å²) in [6.45, 7) is 3.01. The fourth-order valence-electron chi connectivity index (χ4n) is 2.48. The van der Waals surface area contributed by atoms with Crippen molar-refractivity contribution in [2.75, 3.05) is 26.2 Å². The van der Waals surface area contributed by atoms with Crippen LogP contribution in [0.5, 0.6) is 0 Å². The van der Waals surface area contributed by atoms with Crippen molar-refractivity contribution in [1.29, 1.82) is 0 Å². The quantitative estimate of drug-likeness (QED) is 0.782. The average Bonchev–Trinajstić information content (AvgIpc) is 2.91. The number of piperidine rings is 1. The molecule has 2 rings (SSSR count). The van der Waals surface area contributed by atoms with Crippen LogP contribution in [-0.4, -0.2) is 43.2 Å². The van der Waals surface area contributed by atoms with Crippen molar-refractivity contribution >= 4 is 28.8 Å². The Labute approximate surface area is 135 Å². The highest BCUT2D eigenvalue weighted by Gasteiger charge is 2.22. The Balaban J connectivity index is 1.65. The number of hydrogen-bond acceptors (Lipinski definition) is 4. The van der Waals surface area contributed by atoms with Crippen LogP contribution in [0.15, 0.2) is 11.4 Å². The predicted octanol–water partition coefficient (Wildman–Crippen LogP) is 2.69. The van der Waals surface area contributed by atoms with Crippen molar-refractivity contribution < 1.29 is 9.53 Å². The van der Waals surface area contributed by atoms with Crippen LogP contribution in [0.25, 0.3) is 0 Å². The predicted molar refractivity (Wildman–Crippen MR) is 86.9 cm³/mol. The largest absolute Gasteiger partial charge is 0.378 e. The first-order chi connectivity index (χ1) is 10.2. The van der Waals surface area contributed by atoms with E-state index in [1.807, 2.05) is 16.3 Å². The zero-order valence-corrected chi connectivity index (χ0v) is 13.8. The Bertz CT molecular complexity index is 445. The van der Waals surface area contributed by atoms with E-state index in [1.165, 1.54) is 4.88 Å². The third-order valence-electron chi connectivity index (χ3n) is 3.70. The highest BCUT2D eigenvalue weighted by atomic mass is 35.5. The summed E-state index contributed by atoms with van der Waals surface area (Å²) < 4.78 is 5.75. The minimum absolute atomic E-state index is 0.236. The molecule has 2 heterocycles. The van der Waals surface area contributed by atoms with E-state index in [9.17, 15) is 4.79 Å². The van der Waals surface area contributed by atoms with Crippen molar-refractivity contribution in [2.45, 2.75) is 38.2 Å². The van der Waals surface area contributed by atoms with E-state index in [4.69, 9.17) is 22.1 Å².